The number of aromatic carboxylic acids is 1. The van der Waals surface area contributed by atoms with E-state index in [0.29, 0.717) is 13.2 Å². The molecule has 2 aromatic rings. The van der Waals surface area contributed by atoms with Gasteiger partial charge >= 0.3 is 5.97 Å². The van der Waals surface area contributed by atoms with Gasteiger partial charge in [-0.1, -0.05) is 30.4 Å². The molecule has 6 heteroatoms. The lowest BCUT2D eigenvalue weighted by atomic mass is 9.48. The number of hydrogen-bond acceptors (Lipinski definition) is 5. The van der Waals surface area contributed by atoms with Crippen LogP contribution in [0.5, 0.6) is 5.75 Å². The quantitative estimate of drug-likeness (QED) is 0.314. The standard InChI is InChI=1S/C30H36O6/c1-34-10-11-35-19-36-28-9-7-25(27(31)8-4-20-2-5-24(6-3-20)29(32)33)15-26(28)30-16-21-12-22(17-30)14-23(13-21)18-30/h2-9,15,21-23,27,31H,10-14,16-19H2,1H3,(H,32,33)/b8-4+. The van der Waals surface area contributed by atoms with E-state index in [1.165, 1.54) is 44.1 Å². The molecule has 0 heterocycles. The van der Waals surface area contributed by atoms with Gasteiger partial charge in [-0.2, -0.15) is 0 Å². The summed E-state index contributed by atoms with van der Waals surface area (Å²) < 4.78 is 16.8. The minimum atomic E-state index is -0.950. The lowest BCUT2D eigenvalue weighted by molar-refractivity contribution is -0.0190. The third-order valence-electron chi connectivity index (χ3n) is 8.31. The van der Waals surface area contributed by atoms with Gasteiger partial charge in [-0.05, 0) is 97.1 Å². The lowest BCUT2D eigenvalue weighted by Crippen LogP contribution is -2.48. The van der Waals surface area contributed by atoms with Crippen molar-refractivity contribution in [1.29, 1.82) is 0 Å². The molecule has 4 aliphatic carbocycles. The molecule has 0 amide bonds. The number of carbonyl (C=O) groups is 1. The number of ether oxygens (including phenoxy) is 3. The summed E-state index contributed by atoms with van der Waals surface area (Å²) in [4.78, 5) is 11.1. The largest absolute Gasteiger partial charge is 0.478 e. The topological polar surface area (TPSA) is 85.2 Å². The molecule has 1 atom stereocenters. The average molecular weight is 493 g/mol. The minimum absolute atomic E-state index is 0.114. The second-order valence-electron chi connectivity index (χ2n) is 10.8. The SMILES string of the molecule is COCCOCOc1ccc(C(O)/C=C/c2ccc(C(=O)O)cc2)cc1C12CC3CC(CC(C3)C1)C2. The Bertz CT molecular complexity index is 1050. The van der Waals surface area contributed by atoms with Crippen LogP contribution >= 0.6 is 0 Å². The maximum atomic E-state index is 11.1. The molecule has 2 aromatic carbocycles. The highest BCUT2D eigenvalue weighted by Gasteiger charge is 2.52. The number of hydrogen-bond donors (Lipinski definition) is 2. The van der Waals surface area contributed by atoms with Crippen LogP contribution in [0.3, 0.4) is 0 Å². The lowest BCUT2D eigenvalue weighted by Gasteiger charge is -2.57. The van der Waals surface area contributed by atoms with E-state index < -0.39 is 12.1 Å². The summed E-state index contributed by atoms with van der Waals surface area (Å²) in [5.41, 5.74) is 3.26. The molecule has 0 radical (unpaired) electrons. The van der Waals surface area contributed by atoms with Gasteiger partial charge in [0.05, 0.1) is 24.9 Å². The molecule has 0 aliphatic heterocycles. The molecule has 0 spiro atoms. The monoisotopic (exact) mass is 492 g/mol. The zero-order valence-corrected chi connectivity index (χ0v) is 20.9. The third kappa shape index (κ3) is 5.36. The molecule has 0 saturated heterocycles. The Hall–Kier alpha value is -2.67. The number of benzene rings is 2. The number of methoxy groups -OCH3 is 1. The first-order chi connectivity index (χ1) is 17.5. The first-order valence-corrected chi connectivity index (χ1v) is 13.0. The Morgan fingerprint density at radius 3 is 2.31 bits per heavy atom. The predicted octanol–water partition coefficient (Wildman–Crippen LogP) is 5.60. The van der Waals surface area contributed by atoms with E-state index in [1.807, 2.05) is 18.2 Å². The second kappa shape index (κ2) is 10.8. The highest BCUT2D eigenvalue weighted by Crippen LogP contribution is 2.62. The summed E-state index contributed by atoms with van der Waals surface area (Å²) in [5, 5.41) is 20.1. The highest BCUT2D eigenvalue weighted by atomic mass is 16.7. The van der Waals surface area contributed by atoms with Crippen LogP contribution in [0.4, 0.5) is 0 Å². The Balaban J connectivity index is 1.38. The maximum absolute atomic E-state index is 11.1. The highest BCUT2D eigenvalue weighted by molar-refractivity contribution is 5.87. The van der Waals surface area contributed by atoms with Gasteiger partial charge in [-0.25, -0.2) is 4.79 Å². The van der Waals surface area contributed by atoms with Crippen LogP contribution in [0.15, 0.2) is 48.5 Å². The first-order valence-electron chi connectivity index (χ1n) is 13.0. The third-order valence-corrected chi connectivity index (χ3v) is 8.31. The minimum Gasteiger partial charge on any atom is -0.478 e. The second-order valence-corrected chi connectivity index (χ2v) is 10.8. The van der Waals surface area contributed by atoms with Crippen molar-refractivity contribution in [3.05, 3.63) is 70.8 Å². The zero-order valence-electron chi connectivity index (χ0n) is 20.9. The van der Waals surface area contributed by atoms with Crippen LogP contribution in [-0.4, -0.2) is 43.3 Å². The number of aliphatic hydroxyl groups excluding tert-OH is 1. The Labute approximate surface area is 212 Å². The van der Waals surface area contributed by atoms with Crippen molar-refractivity contribution in [1.82, 2.24) is 0 Å². The van der Waals surface area contributed by atoms with Gasteiger partial charge in [0.15, 0.2) is 6.79 Å². The fourth-order valence-electron chi connectivity index (χ4n) is 7.07. The van der Waals surface area contributed by atoms with Gasteiger partial charge in [0.1, 0.15) is 5.75 Å². The molecule has 4 saturated carbocycles. The van der Waals surface area contributed by atoms with Crippen LogP contribution in [0.2, 0.25) is 0 Å². The summed E-state index contributed by atoms with van der Waals surface area (Å²) in [6.45, 7) is 1.19. The number of carboxylic acids is 1. The first kappa shape index (κ1) is 25.0. The normalized spacial score (nSPS) is 27.4. The van der Waals surface area contributed by atoms with Gasteiger partial charge in [0, 0.05) is 12.7 Å². The summed E-state index contributed by atoms with van der Waals surface area (Å²) in [6, 6.07) is 12.7. The molecule has 6 rings (SSSR count). The number of carboxylic acid groups (broad SMARTS) is 1. The smallest absolute Gasteiger partial charge is 0.335 e. The van der Waals surface area contributed by atoms with Gasteiger partial charge in [-0.3, -0.25) is 0 Å². The van der Waals surface area contributed by atoms with Crippen LogP contribution in [0.1, 0.15) is 71.7 Å². The predicted molar refractivity (Wildman–Crippen MR) is 137 cm³/mol. The van der Waals surface area contributed by atoms with Crippen LogP contribution < -0.4 is 4.74 Å². The number of rotatable bonds is 11. The van der Waals surface area contributed by atoms with E-state index in [0.717, 1.165) is 34.6 Å². The van der Waals surface area contributed by atoms with Gasteiger partial charge in [0.25, 0.3) is 0 Å². The van der Waals surface area contributed by atoms with Crippen LogP contribution in [0, 0.1) is 17.8 Å². The van der Waals surface area contributed by atoms with Crippen molar-refractivity contribution < 1.29 is 29.2 Å². The molecule has 1 unspecified atom stereocenters. The Morgan fingerprint density at radius 2 is 1.69 bits per heavy atom. The molecule has 192 valence electrons. The maximum Gasteiger partial charge on any atom is 0.335 e. The molecule has 4 fully saturated rings. The van der Waals surface area contributed by atoms with Crippen molar-refractivity contribution in [2.45, 2.75) is 50.0 Å². The molecule has 4 aliphatic rings. The zero-order chi connectivity index (χ0) is 25.1. The van der Waals surface area contributed by atoms with Gasteiger partial charge in [0.2, 0.25) is 0 Å². The van der Waals surface area contributed by atoms with E-state index in [-0.39, 0.29) is 17.8 Å². The molecule has 36 heavy (non-hydrogen) atoms. The molecule has 4 bridgehead atoms. The van der Waals surface area contributed by atoms with Crippen molar-refractivity contribution in [2.75, 3.05) is 27.1 Å². The molecule has 2 N–H and O–H groups in total. The van der Waals surface area contributed by atoms with Crippen molar-refractivity contribution >= 4 is 12.0 Å². The Kier molecular flexibility index (Phi) is 7.47. The summed E-state index contributed by atoms with van der Waals surface area (Å²) in [6.07, 6.45) is 10.5. The fourth-order valence-corrected chi connectivity index (χ4v) is 7.07. The van der Waals surface area contributed by atoms with E-state index in [1.54, 1.807) is 37.5 Å². The van der Waals surface area contributed by atoms with E-state index >= 15 is 0 Å². The van der Waals surface area contributed by atoms with Crippen molar-refractivity contribution in [3.63, 3.8) is 0 Å². The summed E-state index contributed by atoms with van der Waals surface area (Å²) >= 11 is 0. The fraction of sp³-hybridized carbons (Fsp3) is 0.500. The Morgan fingerprint density at radius 1 is 1.03 bits per heavy atom. The molecular formula is C30H36O6. The molecular weight excluding hydrogens is 456 g/mol. The van der Waals surface area contributed by atoms with Gasteiger partial charge < -0.3 is 24.4 Å². The van der Waals surface area contributed by atoms with Crippen molar-refractivity contribution in [2.24, 2.45) is 17.8 Å². The van der Waals surface area contributed by atoms with Gasteiger partial charge in [-0.15, -0.1) is 0 Å². The molecule has 6 nitrogen and oxygen atoms in total. The summed E-state index contributed by atoms with van der Waals surface area (Å²) in [7, 11) is 1.65. The van der Waals surface area contributed by atoms with Crippen LogP contribution in [-0.2, 0) is 14.9 Å². The average Bonchev–Trinajstić information content (AvgIpc) is 2.86. The van der Waals surface area contributed by atoms with E-state index in [9.17, 15) is 9.90 Å². The van der Waals surface area contributed by atoms with Crippen molar-refractivity contribution in [3.8, 4) is 5.75 Å². The van der Waals surface area contributed by atoms with E-state index in [2.05, 4.69) is 6.07 Å². The molecule has 0 aromatic heterocycles. The van der Waals surface area contributed by atoms with E-state index in [4.69, 9.17) is 19.3 Å². The van der Waals surface area contributed by atoms with Crippen LogP contribution in [0.25, 0.3) is 6.08 Å². The number of aliphatic hydroxyl groups is 1. The summed E-state index contributed by atoms with van der Waals surface area (Å²) in [5.74, 6) is 2.30.